The summed E-state index contributed by atoms with van der Waals surface area (Å²) in [6.45, 7) is 7.52. The highest BCUT2D eigenvalue weighted by Gasteiger charge is 2.30. The molecule has 0 bridgehead atoms. The smallest absolute Gasteiger partial charge is 0.243 e. The molecule has 0 aliphatic carbocycles. The molecule has 2 aliphatic rings. The number of nitrogens with one attached hydrogen (secondary N) is 2. The van der Waals surface area contributed by atoms with Crippen molar-refractivity contribution in [3.63, 3.8) is 0 Å². The molecule has 1 aromatic rings. The standard InChI is InChI=1S/C21H34N4O2S2.HI/c1-3-22-20(24-17-21(2)12-9-15-28-21)23-16-18-10-5-6-11-19(18)29(26,27)25-13-7-4-8-14-25;/h5-6,10-11H,3-4,7-9,12-17H2,1-2H3,(H2,22,23,24);1H. The van der Waals surface area contributed by atoms with Crippen LogP contribution in [0, 0.1) is 0 Å². The monoisotopic (exact) mass is 566 g/mol. The number of benzene rings is 1. The number of piperidine rings is 1. The fourth-order valence-corrected chi connectivity index (χ4v) is 6.86. The maximum atomic E-state index is 13.2. The molecule has 0 radical (unpaired) electrons. The first-order valence-electron chi connectivity index (χ1n) is 10.7. The molecule has 1 atom stereocenters. The molecular weight excluding hydrogens is 531 g/mol. The summed E-state index contributed by atoms with van der Waals surface area (Å²) in [6, 6.07) is 7.27. The number of halogens is 1. The van der Waals surface area contributed by atoms with Crippen LogP contribution in [-0.4, -0.2) is 55.4 Å². The first-order valence-corrected chi connectivity index (χ1v) is 13.1. The lowest BCUT2D eigenvalue weighted by molar-refractivity contribution is 0.346. The van der Waals surface area contributed by atoms with Crippen molar-refractivity contribution in [2.45, 2.75) is 62.1 Å². The molecule has 170 valence electrons. The third-order valence-corrected chi connectivity index (χ3v) is 9.12. The molecule has 3 rings (SSSR count). The fraction of sp³-hybridized carbons (Fsp3) is 0.667. The van der Waals surface area contributed by atoms with Gasteiger partial charge in [-0.15, -0.1) is 24.0 Å². The summed E-state index contributed by atoms with van der Waals surface area (Å²) >= 11 is 2.01. The summed E-state index contributed by atoms with van der Waals surface area (Å²) in [5, 5.41) is 6.74. The molecule has 0 amide bonds. The largest absolute Gasteiger partial charge is 0.357 e. The predicted octanol–water partition coefficient (Wildman–Crippen LogP) is 3.82. The molecule has 9 heteroatoms. The third kappa shape index (κ3) is 6.74. The van der Waals surface area contributed by atoms with Gasteiger partial charge in [-0.1, -0.05) is 24.6 Å². The number of rotatable bonds is 7. The average Bonchev–Trinajstić information content (AvgIpc) is 3.17. The van der Waals surface area contributed by atoms with Crippen LogP contribution in [0.3, 0.4) is 0 Å². The van der Waals surface area contributed by atoms with Crippen molar-refractivity contribution in [2.24, 2.45) is 4.99 Å². The van der Waals surface area contributed by atoms with E-state index in [9.17, 15) is 8.42 Å². The summed E-state index contributed by atoms with van der Waals surface area (Å²) in [6.07, 6.45) is 5.45. The molecule has 0 spiro atoms. The van der Waals surface area contributed by atoms with Gasteiger partial charge in [-0.2, -0.15) is 16.1 Å². The van der Waals surface area contributed by atoms with Crippen molar-refractivity contribution < 1.29 is 8.42 Å². The van der Waals surface area contributed by atoms with Crippen molar-refractivity contribution in [3.8, 4) is 0 Å². The minimum Gasteiger partial charge on any atom is -0.357 e. The lowest BCUT2D eigenvalue weighted by atomic mass is 10.1. The highest BCUT2D eigenvalue weighted by molar-refractivity contribution is 14.0. The zero-order chi connectivity index (χ0) is 20.7. The van der Waals surface area contributed by atoms with Crippen molar-refractivity contribution in [3.05, 3.63) is 29.8 Å². The van der Waals surface area contributed by atoms with E-state index < -0.39 is 10.0 Å². The third-order valence-electron chi connectivity index (χ3n) is 5.59. The number of hydrogen-bond acceptors (Lipinski definition) is 4. The van der Waals surface area contributed by atoms with Gasteiger partial charge in [0.05, 0.1) is 11.4 Å². The Morgan fingerprint density at radius 2 is 1.90 bits per heavy atom. The van der Waals surface area contributed by atoms with Crippen LogP contribution in [0.2, 0.25) is 0 Å². The van der Waals surface area contributed by atoms with Crippen LogP contribution in [0.4, 0.5) is 0 Å². The van der Waals surface area contributed by atoms with E-state index in [1.165, 1.54) is 18.6 Å². The Labute approximate surface area is 203 Å². The molecule has 2 fully saturated rings. The van der Waals surface area contributed by atoms with E-state index in [4.69, 9.17) is 4.99 Å². The van der Waals surface area contributed by atoms with E-state index in [2.05, 4.69) is 17.6 Å². The van der Waals surface area contributed by atoms with Gasteiger partial charge in [0.25, 0.3) is 0 Å². The van der Waals surface area contributed by atoms with Crippen LogP contribution in [0.1, 0.15) is 51.5 Å². The lowest BCUT2D eigenvalue weighted by Crippen LogP contribution is -2.43. The van der Waals surface area contributed by atoms with Gasteiger partial charge in [0.15, 0.2) is 5.96 Å². The Kier molecular flexibility index (Phi) is 10.2. The Morgan fingerprint density at radius 3 is 2.57 bits per heavy atom. The maximum absolute atomic E-state index is 13.2. The molecular formula is C21H35IN4O2S2. The first kappa shape index (κ1) is 25.7. The quantitative estimate of drug-likeness (QED) is 0.298. The van der Waals surface area contributed by atoms with Crippen molar-refractivity contribution in [1.82, 2.24) is 14.9 Å². The van der Waals surface area contributed by atoms with Gasteiger partial charge < -0.3 is 10.6 Å². The second-order valence-corrected chi connectivity index (χ2v) is 11.6. The van der Waals surface area contributed by atoms with Gasteiger partial charge in [0, 0.05) is 30.9 Å². The number of aliphatic imine (C=N–C) groups is 1. The topological polar surface area (TPSA) is 73.8 Å². The highest BCUT2D eigenvalue weighted by atomic mass is 127. The van der Waals surface area contributed by atoms with Crippen LogP contribution in [-0.2, 0) is 16.6 Å². The summed E-state index contributed by atoms with van der Waals surface area (Å²) in [5.41, 5.74) is 0.747. The van der Waals surface area contributed by atoms with Crippen molar-refractivity contribution in [2.75, 3.05) is 31.9 Å². The molecule has 6 nitrogen and oxygen atoms in total. The molecule has 2 N–H and O–H groups in total. The van der Waals surface area contributed by atoms with Gasteiger partial charge in [-0.05, 0) is 56.9 Å². The maximum Gasteiger partial charge on any atom is 0.243 e. The van der Waals surface area contributed by atoms with Crippen LogP contribution >= 0.6 is 35.7 Å². The highest BCUT2D eigenvalue weighted by Crippen LogP contribution is 2.36. The van der Waals surface area contributed by atoms with E-state index in [1.807, 2.05) is 30.8 Å². The number of nitrogens with zero attached hydrogens (tertiary/aromatic N) is 2. The van der Waals surface area contributed by atoms with Gasteiger partial charge in [-0.3, -0.25) is 0 Å². The minimum atomic E-state index is -3.47. The summed E-state index contributed by atoms with van der Waals surface area (Å²) in [4.78, 5) is 5.09. The van der Waals surface area contributed by atoms with Gasteiger partial charge >= 0.3 is 0 Å². The van der Waals surface area contributed by atoms with Crippen LogP contribution in [0.25, 0.3) is 0 Å². The van der Waals surface area contributed by atoms with E-state index in [0.29, 0.717) is 24.5 Å². The van der Waals surface area contributed by atoms with Crippen molar-refractivity contribution >= 4 is 51.7 Å². The van der Waals surface area contributed by atoms with Crippen LogP contribution in [0.15, 0.2) is 34.2 Å². The van der Waals surface area contributed by atoms with Gasteiger partial charge in [0.1, 0.15) is 0 Å². The normalized spacial score (nSPS) is 23.1. The predicted molar refractivity (Wildman–Crippen MR) is 137 cm³/mol. The molecule has 2 aliphatic heterocycles. The number of hydrogen-bond donors (Lipinski definition) is 2. The number of sulfonamides is 1. The van der Waals surface area contributed by atoms with E-state index in [-0.39, 0.29) is 28.7 Å². The molecule has 2 saturated heterocycles. The SMILES string of the molecule is CCNC(=NCc1ccccc1S(=O)(=O)N1CCCCC1)NCC1(C)CCCS1.I. The molecule has 0 aromatic heterocycles. The Hall–Kier alpha value is -0.520. The second-order valence-electron chi connectivity index (χ2n) is 8.02. The average molecular weight is 567 g/mol. The Bertz CT molecular complexity index is 805. The van der Waals surface area contributed by atoms with E-state index >= 15 is 0 Å². The number of thioether (sulfide) groups is 1. The number of guanidine groups is 1. The summed E-state index contributed by atoms with van der Waals surface area (Å²) < 4.78 is 28.2. The second kappa shape index (κ2) is 11.9. The Morgan fingerprint density at radius 1 is 1.17 bits per heavy atom. The molecule has 2 heterocycles. The van der Waals surface area contributed by atoms with Crippen LogP contribution < -0.4 is 10.6 Å². The summed E-state index contributed by atoms with van der Waals surface area (Å²) in [7, 11) is -3.47. The van der Waals surface area contributed by atoms with Gasteiger partial charge in [0.2, 0.25) is 10.0 Å². The summed E-state index contributed by atoms with van der Waals surface area (Å²) in [5.74, 6) is 1.96. The zero-order valence-electron chi connectivity index (χ0n) is 18.0. The van der Waals surface area contributed by atoms with Gasteiger partial charge in [-0.25, -0.2) is 13.4 Å². The van der Waals surface area contributed by atoms with Crippen LogP contribution in [0.5, 0.6) is 0 Å². The minimum absolute atomic E-state index is 0. The Balaban J connectivity index is 0.00000320. The molecule has 1 aromatic carbocycles. The van der Waals surface area contributed by atoms with E-state index in [0.717, 1.165) is 43.9 Å². The lowest BCUT2D eigenvalue weighted by Gasteiger charge is -2.26. The molecule has 0 saturated carbocycles. The fourth-order valence-electron chi connectivity index (χ4n) is 3.88. The molecule has 30 heavy (non-hydrogen) atoms. The zero-order valence-corrected chi connectivity index (χ0v) is 22.0. The first-order chi connectivity index (χ1) is 13.9. The van der Waals surface area contributed by atoms with E-state index in [1.54, 1.807) is 16.4 Å². The molecule has 1 unspecified atom stereocenters. The van der Waals surface area contributed by atoms with Crippen molar-refractivity contribution in [1.29, 1.82) is 0 Å².